The van der Waals surface area contributed by atoms with Gasteiger partial charge in [0, 0.05) is 25.0 Å². The molecule has 118 valence electrons. The fourth-order valence-corrected chi connectivity index (χ4v) is 3.02. The molecule has 0 aliphatic carbocycles. The predicted molar refractivity (Wildman–Crippen MR) is 83.7 cm³/mol. The summed E-state index contributed by atoms with van der Waals surface area (Å²) in [6, 6.07) is 2.15. The first-order chi connectivity index (χ1) is 10.7. The normalized spacial score (nSPS) is 18.6. The predicted octanol–water partition coefficient (Wildman–Crippen LogP) is 2.34. The van der Waals surface area contributed by atoms with Crippen LogP contribution in [0.4, 0.5) is 0 Å². The Morgan fingerprint density at radius 2 is 2.36 bits per heavy atom. The van der Waals surface area contributed by atoms with E-state index in [-0.39, 0.29) is 11.9 Å². The highest BCUT2D eigenvalue weighted by Gasteiger charge is 2.27. The quantitative estimate of drug-likeness (QED) is 0.942. The number of rotatable bonds is 4. The standard InChI is InChI=1S/C16H23N5O/c1-3-5-13-8-15(19-18-13)16(22)20-7-4-6-14(11-20)21-10-12(2)9-17-21/h8-10,14H,3-7,11H2,1-2H3,(H,18,19)/t14-/m1/s1. The van der Waals surface area contributed by atoms with Gasteiger partial charge in [-0.3, -0.25) is 14.6 Å². The average molecular weight is 301 g/mol. The summed E-state index contributed by atoms with van der Waals surface area (Å²) >= 11 is 0. The fraction of sp³-hybridized carbons (Fsp3) is 0.562. The number of hydrogen-bond donors (Lipinski definition) is 1. The Bertz CT molecular complexity index is 645. The van der Waals surface area contributed by atoms with Crippen molar-refractivity contribution in [3.8, 4) is 0 Å². The van der Waals surface area contributed by atoms with Crippen LogP contribution in [0, 0.1) is 6.92 Å². The van der Waals surface area contributed by atoms with E-state index < -0.39 is 0 Å². The molecule has 3 rings (SSSR count). The lowest BCUT2D eigenvalue weighted by atomic mass is 10.1. The zero-order valence-electron chi connectivity index (χ0n) is 13.2. The molecule has 22 heavy (non-hydrogen) atoms. The van der Waals surface area contributed by atoms with Crippen LogP contribution in [0.3, 0.4) is 0 Å². The van der Waals surface area contributed by atoms with Gasteiger partial charge < -0.3 is 4.90 Å². The zero-order chi connectivity index (χ0) is 15.5. The number of aryl methyl sites for hydroxylation is 2. The number of likely N-dealkylation sites (tertiary alicyclic amines) is 1. The number of H-pyrrole nitrogens is 1. The van der Waals surface area contributed by atoms with Gasteiger partial charge in [0.25, 0.3) is 5.91 Å². The Morgan fingerprint density at radius 1 is 1.50 bits per heavy atom. The van der Waals surface area contributed by atoms with E-state index in [2.05, 4.69) is 22.2 Å². The SMILES string of the molecule is CCCc1cc(C(=O)N2CCC[C@@H](n3cc(C)cn3)C2)n[nH]1. The third-order valence-corrected chi connectivity index (χ3v) is 4.16. The van der Waals surface area contributed by atoms with Crippen LogP contribution >= 0.6 is 0 Å². The van der Waals surface area contributed by atoms with Crippen LogP contribution in [0.25, 0.3) is 0 Å². The van der Waals surface area contributed by atoms with Crippen molar-refractivity contribution in [2.45, 2.75) is 45.6 Å². The molecule has 6 heteroatoms. The van der Waals surface area contributed by atoms with E-state index >= 15 is 0 Å². The van der Waals surface area contributed by atoms with Crippen LogP contribution in [-0.2, 0) is 6.42 Å². The molecule has 2 aromatic rings. The molecule has 1 fully saturated rings. The molecule has 0 radical (unpaired) electrons. The monoisotopic (exact) mass is 301 g/mol. The molecule has 1 N–H and O–H groups in total. The maximum Gasteiger partial charge on any atom is 0.274 e. The second kappa shape index (κ2) is 6.34. The number of carbonyl (C=O) groups excluding carboxylic acids is 1. The first-order valence-electron chi connectivity index (χ1n) is 8.01. The first kappa shape index (κ1) is 14.8. The van der Waals surface area contributed by atoms with Crippen molar-refractivity contribution >= 4 is 5.91 Å². The number of nitrogens with zero attached hydrogens (tertiary/aromatic N) is 4. The van der Waals surface area contributed by atoms with Gasteiger partial charge in [-0.1, -0.05) is 13.3 Å². The zero-order valence-corrected chi connectivity index (χ0v) is 13.2. The lowest BCUT2D eigenvalue weighted by Gasteiger charge is -2.32. The van der Waals surface area contributed by atoms with Crippen LogP contribution < -0.4 is 0 Å². The van der Waals surface area contributed by atoms with Crippen molar-refractivity contribution in [1.29, 1.82) is 0 Å². The van der Waals surface area contributed by atoms with Crippen molar-refractivity contribution in [1.82, 2.24) is 24.9 Å². The van der Waals surface area contributed by atoms with E-state index in [0.717, 1.165) is 43.5 Å². The second-order valence-corrected chi connectivity index (χ2v) is 6.07. The Hall–Kier alpha value is -2.11. The van der Waals surface area contributed by atoms with Gasteiger partial charge in [0.1, 0.15) is 5.69 Å². The van der Waals surface area contributed by atoms with Crippen molar-refractivity contribution in [2.24, 2.45) is 0 Å². The second-order valence-electron chi connectivity index (χ2n) is 6.07. The topological polar surface area (TPSA) is 66.8 Å². The molecule has 1 saturated heterocycles. The first-order valence-corrected chi connectivity index (χ1v) is 8.01. The molecular formula is C16H23N5O. The van der Waals surface area contributed by atoms with E-state index in [1.54, 1.807) is 0 Å². The van der Waals surface area contributed by atoms with Crippen molar-refractivity contribution in [2.75, 3.05) is 13.1 Å². The summed E-state index contributed by atoms with van der Waals surface area (Å²) in [5.41, 5.74) is 2.71. The van der Waals surface area contributed by atoms with Crippen LogP contribution in [-0.4, -0.2) is 43.9 Å². The van der Waals surface area contributed by atoms with E-state index in [1.165, 1.54) is 0 Å². The third-order valence-electron chi connectivity index (χ3n) is 4.16. The average Bonchev–Trinajstić information content (AvgIpc) is 3.16. The van der Waals surface area contributed by atoms with Gasteiger partial charge in [0.15, 0.2) is 0 Å². The van der Waals surface area contributed by atoms with Crippen molar-refractivity contribution in [3.05, 3.63) is 35.4 Å². The molecule has 1 atom stereocenters. The summed E-state index contributed by atoms with van der Waals surface area (Å²) in [6.45, 7) is 5.65. The number of hydrogen-bond acceptors (Lipinski definition) is 3. The summed E-state index contributed by atoms with van der Waals surface area (Å²) in [6.07, 6.45) is 7.95. The Labute approximate surface area is 130 Å². The fourth-order valence-electron chi connectivity index (χ4n) is 3.02. The molecule has 1 aliphatic heterocycles. The van der Waals surface area contributed by atoms with Gasteiger partial charge in [-0.05, 0) is 37.8 Å². The lowest BCUT2D eigenvalue weighted by Crippen LogP contribution is -2.41. The van der Waals surface area contributed by atoms with Gasteiger partial charge in [0.05, 0.1) is 12.2 Å². The molecule has 0 spiro atoms. The number of aromatic nitrogens is 4. The minimum Gasteiger partial charge on any atom is -0.335 e. The maximum absolute atomic E-state index is 12.6. The molecule has 1 aliphatic rings. The van der Waals surface area contributed by atoms with Gasteiger partial charge in [-0.15, -0.1) is 0 Å². The van der Waals surface area contributed by atoms with Gasteiger partial charge >= 0.3 is 0 Å². The molecule has 3 heterocycles. The van der Waals surface area contributed by atoms with Gasteiger partial charge in [-0.2, -0.15) is 10.2 Å². The lowest BCUT2D eigenvalue weighted by molar-refractivity contribution is 0.0667. The van der Waals surface area contributed by atoms with Gasteiger partial charge in [0.2, 0.25) is 0 Å². The molecular weight excluding hydrogens is 278 g/mol. The molecule has 6 nitrogen and oxygen atoms in total. The molecule has 2 aromatic heterocycles. The van der Waals surface area contributed by atoms with Crippen LogP contribution in [0.1, 0.15) is 54.0 Å². The van der Waals surface area contributed by atoms with Crippen molar-refractivity contribution < 1.29 is 4.79 Å². The van der Waals surface area contributed by atoms with Gasteiger partial charge in [-0.25, -0.2) is 0 Å². The molecule has 1 amide bonds. The minimum absolute atomic E-state index is 0.0205. The maximum atomic E-state index is 12.6. The van der Waals surface area contributed by atoms with Crippen LogP contribution in [0.15, 0.2) is 18.5 Å². The van der Waals surface area contributed by atoms with E-state index in [9.17, 15) is 4.79 Å². The van der Waals surface area contributed by atoms with Crippen LogP contribution in [0.5, 0.6) is 0 Å². The van der Waals surface area contributed by atoms with Crippen LogP contribution in [0.2, 0.25) is 0 Å². The number of carbonyl (C=O) groups is 1. The summed E-state index contributed by atoms with van der Waals surface area (Å²) in [7, 11) is 0. The van der Waals surface area contributed by atoms with E-state index in [4.69, 9.17) is 0 Å². The summed E-state index contributed by atoms with van der Waals surface area (Å²) in [5, 5.41) is 11.5. The summed E-state index contributed by atoms with van der Waals surface area (Å²) in [5.74, 6) is 0.0205. The highest BCUT2D eigenvalue weighted by atomic mass is 16.2. The van der Waals surface area contributed by atoms with E-state index in [0.29, 0.717) is 12.2 Å². The number of nitrogens with one attached hydrogen (secondary N) is 1. The van der Waals surface area contributed by atoms with Crippen molar-refractivity contribution in [3.63, 3.8) is 0 Å². The smallest absolute Gasteiger partial charge is 0.274 e. The third kappa shape index (κ3) is 3.05. The Morgan fingerprint density at radius 3 is 3.09 bits per heavy atom. The number of aromatic amines is 1. The summed E-state index contributed by atoms with van der Waals surface area (Å²) < 4.78 is 1.99. The molecule has 0 aromatic carbocycles. The number of amides is 1. The molecule has 0 unspecified atom stereocenters. The minimum atomic E-state index is 0.0205. The molecule has 0 saturated carbocycles. The highest BCUT2D eigenvalue weighted by molar-refractivity contribution is 5.92. The summed E-state index contributed by atoms with van der Waals surface area (Å²) in [4.78, 5) is 14.5. The Balaban J connectivity index is 1.69. The Kier molecular flexibility index (Phi) is 4.27. The molecule has 0 bridgehead atoms. The highest BCUT2D eigenvalue weighted by Crippen LogP contribution is 2.22. The largest absolute Gasteiger partial charge is 0.335 e. The number of piperidine rings is 1. The van der Waals surface area contributed by atoms with E-state index in [1.807, 2.05) is 35.0 Å².